The van der Waals surface area contributed by atoms with E-state index < -0.39 is 31.1 Å². The molecule has 12 heteroatoms. The van der Waals surface area contributed by atoms with E-state index in [1.165, 1.54) is 10.9 Å². The summed E-state index contributed by atoms with van der Waals surface area (Å²) >= 11 is 3.58. The van der Waals surface area contributed by atoms with Crippen molar-refractivity contribution in [1.29, 1.82) is 0 Å². The van der Waals surface area contributed by atoms with Gasteiger partial charge in [-0.2, -0.15) is 9.97 Å². The van der Waals surface area contributed by atoms with Crippen molar-refractivity contribution < 1.29 is 24.8 Å². The van der Waals surface area contributed by atoms with E-state index in [1.54, 1.807) is 0 Å². The van der Waals surface area contributed by atoms with Crippen molar-refractivity contribution in [2.45, 2.75) is 31.0 Å². The van der Waals surface area contributed by atoms with Gasteiger partial charge in [-0.3, -0.25) is 4.57 Å². The Labute approximate surface area is 190 Å². The Balaban J connectivity index is 1.38. The first-order chi connectivity index (χ1) is 15.5. The summed E-state index contributed by atoms with van der Waals surface area (Å²) in [6.45, 7) is -0.127. The molecule has 32 heavy (non-hydrogen) atoms. The van der Waals surface area contributed by atoms with Gasteiger partial charge in [0, 0.05) is 28.0 Å². The maximum Gasteiger partial charge on any atom is 0.320 e. The summed E-state index contributed by atoms with van der Waals surface area (Å²) in [5.41, 5.74) is 8.75. The van der Waals surface area contributed by atoms with E-state index in [4.69, 9.17) is 15.2 Å². The lowest BCUT2D eigenvalue weighted by Crippen LogP contribution is -2.33. The molecule has 4 atom stereocenters. The number of aromatic amines is 1. The summed E-state index contributed by atoms with van der Waals surface area (Å²) in [4.78, 5) is 16.0. The number of imidazole rings is 1. The SMILES string of the molecule is Nc1nc(OCCc2c[nH]c3cccc(Br)c23)nc2c1ncn2C1OC(CO)C(O)C1O. The van der Waals surface area contributed by atoms with Crippen LogP contribution in [-0.2, 0) is 11.2 Å². The number of H-pyrrole nitrogens is 1. The normalized spacial score (nSPS) is 23.4. The monoisotopic (exact) mass is 504 g/mol. The van der Waals surface area contributed by atoms with E-state index in [9.17, 15) is 15.3 Å². The first-order valence-corrected chi connectivity index (χ1v) is 10.8. The van der Waals surface area contributed by atoms with Gasteiger partial charge in [-0.15, -0.1) is 0 Å². The van der Waals surface area contributed by atoms with Gasteiger partial charge < -0.3 is 35.5 Å². The Hall–Kier alpha value is -2.77. The Kier molecular flexibility index (Phi) is 5.47. The van der Waals surface area contributed by atoms with Crippen LogP contribution in [0, 0.1) is 0 Å². The Bertz CT molecular complexity index is 1280. The van der Waals surface area contributed by atoms with Gasteiger partial charge in [0.05, 0.1) is 19.5 Å². The van der Waals surface area contributed by atoms with Gasteiger partial charge in [-0.05, 0) is 17.7 Å². The van der Waals surface area contributed by atoms with Crippen LogP contribution in [0.3, 0.4) is 0 Å². The highest BCUT2D eigenvalue weighted by Gasteiger charge is 2.44. The first kappa shape index (κ1) is 21.1. The number of hydrogen-bond donors (Lipinski definition) is 5. The van der Waals surface area contributed by atoms with Crippen LogP contribution in [0.5, 0.6) is 6.01 Å². The smallest absolute Gasteiger partial charge is 0.320 e. The number of nitrogens with one attached hydrogen (secondary N) is 1. The fraction of sp³-hybridized carbons (Fsp3) is 0.350. The van der Waals surface area contributed by atoms with E-state index in [-0.39, 0.29) is 17.5 Å². The summed E-state index contributed by atoms with van der Waals surface area (Å²) in [5, 5.41) is 30.8. The zero-order chi connectivity index (χ0) is 22.4. The number of benzene rings is 1. The number of fused-ring (bicyclic) bond motifs is 2. The number of aliphatic hydroxyl groups excluding tert-OH is 3. The maximum absolute atomic E-state index is 10.3. The molecule has 4 heterocycles. The highest BCUT2D eigenvalue weighted by molar-refractivity contribution is 9.10. The molecule has 0 spiro atoms. The Morgan fingerprint density at radius 2 is 2.09 bits per heavy atom. The van der Waals surface area contributed by atoms with Gasteiger partial charge in [0.15, 0.2) is 23.2 Å². The molecular formula is C20H21BrN6O5. The predicted octanol–water partition coefficient (Wildman–Crippen LogP) is 0.885. The number of hydrogen-bond acceptors (Lipinski definition) is 9. The molecule has 6 N–H and O–H groups in total. The van der Waals surface area contributed by atoms with E-state index in [0.717, 1.165) is 20.9 Å². The van der Waals surface area contributed by atoms with Crippen molar-refractivity contribution >= 4 is 43.8 Å². The van der Waals surface area contributed by atoms with Crippen LogP contribution in [0.1, 0.15) is 11.8 Å². The average molecular weight is 505 g/mol. The molecule has 1 saturated heterocycles. The minimum absolute atomic E-state index is 0.0578. The van der Waals surface area contributed by atoms with Crippen LogP contribution in [0.2, 0.25) is 0 Å². The lowest BCUT2D eigenvalue weighted by molar-refractivity contribution is -0.0511. The van der Waals surface area contributed by atoms with Crippen LogP contribution in [0.15, 0.2) is 35.2 Å². The first-order valence-electron chi connectivity index (χ1n) is 9.97. The summed E-state index contributed by atoms with van der Waals surface area (Å²) in [6, 6.07) is 6.01. The number of nitrogens with two attached hydrogens (primary N) is 1. The molecule has 168 valence electrons. The van der Waals surface area contributed by atoms with E-state index in [1.807, 2.05) is 24.4 Å². The van der Waals surface area contributed by atoms with Gasteiger partial charge in [-0.1, -0.05) is 22.0 Å². The van der Waals surface area contributed by atoms with Gasteiger partial charge in [0.2, 0.25) is 0 Å². The van der Waals surface area contributed by atoms with Crippen LogP contribution in [0.25, 0.3) is 22.1 Å². The summed E-state index contributed by atoms with van der Waals surface area (Å²) in [7, 11) is 0. The molecular weight excluding hydrogens is 484 g/mol. The predicted molar refractivity (Wildman–Crippen MR) is 118 cm³/mol. The van der Waals surface area contributed by atoms with Crippen molar-refractivity contribution in [2.24, 2.45) is 0 Å². The van der Waals surface area contributed by atoms with Crippen LogP contribution >= 0.6 is 15.9 Å². The third-order valence-electron chi connectivity index (χ3n) is 5.56. The third kappa shape index (κ3) is 3.49. The third-order valence-corrected chi connectivity index (χ3v) is 6.22. The number of aromatic nitrogens is 5. The fourth-order valence-electron chi connectivity index (χ4n) is 3.94. The van der Waals surface area contributed by atoms with Gasteiger partial charge in [-0.25, -0.2) is 4.98 Å². The summed E-state index contributed by atoms with van der Waals surface area (Å²) in [6.07, 6.45) is -0.482. The number of halogens is 1. The molecule has 11 nitrogen and oxygen atoms in total. The van der Waals surface area contributed by atoms with Crippen LogP contribution < -0.4 is 10.5 Å². The van der Waals surface area contributed by atoms with E-state index in [0.29, 0.717) is 18.5 Å². The minimum atomic E-state index is -1.27. The molecule has 5 rings (SSSR count). The molecule has 0 radical (unpaired) electrons. The van der Waals surface area contributed by atoms with Crippen LogP contribution in [-0.4, -0.2) is 71.3 Å². The topological polar surface area (TPSA) is 165 Å². The van der Waals surface area contributed by atoms with Crippen molar-refractivity contribution in [3.05, 3.63) is 40.8 Å². The zero-order valence-electron chi connectivity index (χ0n) is 16.7. The second-order valence-corrected chi connectivity index (χ2v) is 8.37. The molecule has 0 saturated carbocycles. The molecule has 1 fully saturated rings. The van der Waals surface area contributed by atoms with Crippen LogP contribution in [0.4, 0.5) is 5.82 Å². The van der Waals surface area contributed by atoms with Crippen molar-refractivity contribution in [1.82, 2.24) is 24.5 Å². The molecule has 4 aromatic rings. The second-order valence-electron chi connectivity index (χ2n) is 7.52. The Morgan fingerprint density at radius 3 is 2.88 bits per heavy atom. The largest absolute Gasteiger partial charge is 0.463 e. The second kappa shape index (κ2) is 8.30. The van der Waals surface area contributed by atoms with Crippen molar-refractivity contribution in [3.8, 4) is 6.01 Å². The number of ether oxygens (including phenoxy) is 2. The summed E-state index contributed by atoms with van der Waals surface area (Å²) < 4.78 is 13.8. The molecule has 0 aliphatic carbocycles. The standard InChI is InChI=1S/C20H21BrN6O5/c21-10-2-1-3-11-13(10)9(6-23-11)4-5-31-20-25-17(22)14-18(26-20)27(8-24-14)19-16(30)15(29)12(7-28)32-19/h1-3,6,8,12,15-16,19,23,28-30H,4-5,7H2,(H2,22,25,26). The highest BCUT2D eigenvalue weighted by Crippen LogP contribution is 2.32. The number of anilines is 1. The number of aliphatic hydroxyl groups is 3. The number of nitrogens with zero attached hydrogens (tertiary/aromatic N) is 4. The lowest BCUT2D eigenvalue weighted by Gasteiger charge is -2.16. The molecule has 4 unspecified atom stereocenters. The number of nitrogen functional groups attached to an aromatic ring is 1. The Morgan fingerprint density at radius 1 is 1.25 bits per heavy atom. The van der Waals surface area contributed by atoms with Crippen molar-refractivity contribution in [3.63, 3.8) is 0 Å². The number of rotatable bonds is 6. The van der Waals surface area contributed by atoms with E-state index in [2.05, 4.69) is 35.9 Å². The fourth-order valence-corrected chi connectivity index (χ4v) is 4.56. The van der Waals surface area contributed by atoms with Gasteiger partial charge in [0.1, 0.15) is 18.3 Å². The zero-order valence-corrected chi connectivity index (χ0v) is 18.3. The molecule has 0 bridgehead atoms. The van der Waals surface area contributed by atoms with Gasteiger partial charge >= 0.3 is 6.01 Å². The van der Waals surface area contributed by atoms with E-state index >= 15 is 0 Å². The maximum atomic E-state index is 10.3. The summed E-state index contributed by atoms with van der Waals surface area (Å²) in [5.74, 6) is 0.116. The van der Waals surface area contributed by atoms with Crippen molar-refractivity contribution in [2.75, 3.05) is 18.9 Å². The van der Waals surface area contributed by atoms with Gasteiger partial charge in [0.25, 0.3) is 0 Å². The minimum Gasteiger partial charge on any atom is -0.463 e. The molecule has 1 aliphatic rings. The molecule has 1 aliphatic heterocycles. The molecule has 0 amide bonds. The quantitative estimate of drug-likeness (QED) is 0.256. The lowest BCUT2D eigenvalue weighted by atomic mass is 10.1. The molecule has 3 aromatic heterocycles. The average Bonchev–Trinajstić information content (AvgIpc) is 3.46. The highest BCUT2D eigenvalue weighted by atomic mass is 79.9. The molecule has 1 aromatic carbocycles.